The molecule has 2 N–H and O–H groups in total. The second kappa shape index (κ2) is 10.3. The number of methoxy groups -OCH3 is 1. The number of likely N-dealkylation sites (tertiary alicyclic amines) is 1. The van der Waals surface area contributed by atoms with Gasteiger partial charge in [0.2, 0.25) is 5.91 Å². The van der Waals surface area contributed by atoms with E-state index >= 15 is 0 Å². The van der Waals surface area contributed by atoms with Gasteiger partial charge in [0.25, 0.3) is 0 Å². The first-order valence-corrected chi connectivity index (χ1v) is 11.7. The quantitative estimate of drug-likeness (QED) is 0.679. The van der Waals surface area contributed by atoms with Crippen molar-refractivity contribution in [3.8, 4) is 0 Å². The van der Waals surface area contributed by atoms with Gasteiger partial charge in [0.1, 0.15) is 6.04 Å². The fraction of sp³-hybridized carbons (Fsp3) is 0.423. The first kappa shape index (κ1) is 23.8. The second-order valence-electron chi connectivity index (χ2n) is 9.02. The number of anilines is 1. The van der Waals surface area contributed by atoms with E-state index in [9.17, 15) is 14.4 Å². The van der Waals surface area contributed by atoms with Crippen molar-refractivity contribution in [3.05, 3.63) is 65.2 Å². The van der Waals surface area contributed by atoms with E-state index in [-0.39, 0.29) is 12.3 Å². The van der Waals surface area contributed by atoms with Gasteiger partial charge in [-0.1, -0.05) is 42.0 Å². The third kappa shape index (κ3) is 4.92. The van der Waals surface area contributed by atoms with E-state index in [1.807, 2.05) is 62.4 Å². The van der Waals surface area contributed by atoms with E-state index in [2.05, 4.69) is 10.6 Å². The minimum Gasteiger partial charge on any atom is -0.469 e. The van der Waals surface area contributed by atoms with Gasteiger partial charge in [0, 0.05) is 31.9 Å². The summed E-state index contributed by atoms with van der Waals surface area (Å²) in [6, 6.07) is 13.5. The number of piperazine rings is 1. The van der Waals surface area contributed by atoms with E-state index in [4.69, 9.17) is 4.74 Å². The minimum atomic E-state index is -0.766. The number of amides is 3. The molecule has 4 rings (SSSR count). The molecule has 0 aromatic heterocycles. The van der Waals surface area contributed by atoms with Crippen LogP contribution < -0.4 is 10.6 Å². The third-order valence-electron chi connectivity index (χ3n) is 6.60. The van der Waals surface area contributed by atoms with Gasteiger partial charge in [-0.2, -0.15) is 0 Å². The zero-order valence-corrected chi connectivity index (χ0v) is 19.9. The van der Waals surface area contributed by atoms with Crippen molar-refractivity contribution < 1.29 is 19.1 Å². The first-order valence-electron chi connectivity index (χ1n) is 11.7. The van der Waals surface area contributed by atoms with Gasteiger partial charge < -0.3 is 25.2 Å². The van der Waals surface area contributed by atoms with Crippen LogP contribution in [0.4, 0.5) is 10.5 Å². The molecule has 2 aromatic carbocycles. The van der Waals surface area contributed by atoms with E-state index in [1.54, 1.807) is 9.80 Å². The van der Waals surface area contributed by atoms with Gasteiger partial charge in [0.15, 0.2) is 0 Å². The van der Waals surface area contributed by atoms with Gasteiger partial charge in [0.05, 0.1) is 19.1 Å². The van der Waals surface area contributed by atoms with Crippen molar-refractivity contribution in [1.82, 2.24) is 15.1 Å². The smallest absolute Gasteiger partial charge is 0.323 e. The molecule has 2 fully saturated rings. The number of carbonyl (C=O) groups excluding carboxylic acids is 3. The van der Waals surface area contributed by atoms with E-state index in [0.29, 0.717) is 31.9 Å². The number of hydrogen-bond donors (Lipinski definition) is 2. The maximum absolute atomic E-state index is 13.7. The average Bonchev–Trinajstić information content (AvgIpc) is 3.24. The van der Waals surface area contributed by atoms with Crippen molar-refractivity contribution in [3.63, 3.8) is 0 Å². The molecule has 0 radical (unpaired) electrons. The highest BCUT2D eigenvalue weighted by molar-refractivity contribution is 5.96. The van der Waals surface area contributed by atoms with Crippen LogP contribution >= 0.6 is 0 Å². The Morgan fingerprint density at radius 2 is 1.68 bits per heavy atom. The number of carbonyl (C=O) groups is 3. The number of benzene rings is 2. The Balaban J connectivity index is 1.74. The van der Waals surface area contributed by atoms with Gasteiger partial charge in [-0.15, -0.1) is 0 Å². The number of hydrogen-bond acceptors (Lipinski definition) is 5. The SMILES string of the molecule is COC(=O)C1CC(C(=O)N2CCNCC2)N(C(=O)Nc2cccc(C)c2)C1c1cccc(C)c1. The maximum Gasteiger partial charge on any atom is 0.323 e. The lowest BCUT2D eigenvalue weighted by Gasteiger charge is -2.35. The number of nitrogens with zero attached hydrogens (tertiary/aromatic N) is 2. The molecule has 2 aliphatic rings. The number of nitrogens with one attached hydrogen (secondary N) is 2. The molecule has 0 saturated carbocycles. The van der Waals surface area contributed by atoms with Crippen LogP contribution in [0.3, 0.4) is 0 Å². The summed E-state index contributed by atoms with van der Waals surface area (Å²) in [5.41, 5.74) is 3.47. The fourth-order valence-corrected chi connectivity index (χ4v) is 4.99. The normalized spacial score (nSPS) is 22.4. The summed E-state index contributed by atoms with van der Waals surface area (Å²) in [7, 11) is 1.35. The molecule has 2 aliphatic heterocycles. The molecular weight excluding hydrogens is 432 g/mol. The highest BCUT2D eigenvalue weighted by atomic mass is 16.5. The lowest BCUT2D eigenvalue weighted by atomic mass is 9.92. The standard InChI is InChI=1S/C26H32N4O4/c1-17-6-4-8-19(14-17)23-21(25(32)34-3)16-22(24(31)29-12-10-27-11-13-29)30(23)26(33)28-20-9-5-7-18(2)15-20/h4-9,14-15,21-23,27H,10-13,16H2,1-3H3,(H,28,33). The molecule has 8 nitrogen and oxygen atoms in total. The van der Waals surface area contributed by atoms with Crippen LogP contribution in [-0.2, 0) is 14.3 Å². The van der Waals surface area contributed by atoms with E-state index in [0.717, 1.165) is 16.7 Å². The summed E-state index contributed by atoms with van der Waals surface area (Å²) >= 11 is 0. The molecule has 0 spiro atoms. The predicted octanol–water partition coefficient (Wildman–Crippen LogP) is 2.87. The summed E-state index contributed by atoms with van der Waals surface area (Å²) in [6.07, 6.45) is 0.218. The summed E-state index contributed by atoms with van der Waals surface area (Å²) in [4.78, 5) is 43.6. The largest absolute Gasteiger partial charge is 0.469 e. The van der Waals surface area contributed by atoms with Crippen molar-refractivity contribution >= 4 is 23.6 Å². The molecule has 3 atom stereocenters. The Bertz CT molecular complexity index is 1070. The molecule has 0 bridgehead atoms. The number of ether oxygens (including phenoxy) is 1. The van der Waals surface area contributed by atoms with Gasteiger partial charge >= 0.3 is 12.0 Å². The van der Waals surface area contributed by atoms with Crippen LogP contribution in [0.5, 0.6) is 0 Å². The van der Waals surface area contributed by atoms with Crippen molar-refractivity contribution in [2.75, 3.05) is 38.6 Å². The molecule has 2 aromatic rings. The zero-order valence-electron chi connectivity index (χ0n) is 19.9. The Morgan fingerprint density at radius 3 is 2.32 bits per heavy atom. The highest BCUT2D eigenvalue weighted by Crippen LogP contribution is 2.43. The van der Waals surface area contributed by atoms with Gasteiger partial charge in [-0.25, -0.2) is 4.79 Å². The maximum atomic E-state index is 13.7. The number of aryl methyl sites for hydroxylation is 2. The first-order chi connectivity index (χ1) is 16.4. The number of esters is 1. The minimum absolute atomic E-state index is 0.134. The summed E-state index contributed by atoms with van der Waals surface area (Å²) < 4.78 is 5.12. The summed E-state index contributed by atoms with van der Waals surface area (Å²) in [5, 5.41) is 6.20. The lowest BCUT2D eigenvalue weighted by Crippen LogP contribution is -2.54. The topological polar surface area (TPSA) is 91.0 Å². The third-order valence-corrected chi connectivity index (χ3v) is 6.60. The van der Waals surface area contributed by atoms with E-state index < -0.39 is 30.0 Å². The zero-order chi connectivity index (χ0) is 24.2. The molecule has 3 amide bonds. The van der Waals surface area contributed by atoms with Crippen LogP contribution in [-0.4, -0.2) is 67.0 Å². The van der Waals surface area contributed by atoms with Crippen LogP contribution in [0, 0.1) is 19.8 Å². The van der Waals surface area contributed by atoms with Gasteiger partial charge in [-0.3, -0.25) is 9.59 Å². The summed E-state index contributed by atoms with van der Waals surface area (Å²) in [6.45, 7) is 6.46. The monoisotopic (exact) mass is 464 g/mol. The molecule has 2 heterocycles. The number of urea groups is 1. The second-order valence-corrected chi connectivity index (χ2v) is 9.02. The molecule has 180 valence electrons. The van der Waals surface area contributed by atoms with Crippen molar-refractivity contribution in [2.45, 2.75) is 32.4 Å². The Labute approximate surface area is 200 Å². The van der Waals surface area contributed by atoms with Gasteiger partial charge in [-0.05, 0) is 43.5 Å². The Kier molecular flexibility index (Phi) is 7.17. The van der Waals surface area contributed by atoms with Crippen LogP contribution in [0.15, 0.2) is 48.5 Å². The Hall–Kier alpha value is -3.39. The van der Waals surface area contributed by atoms with Crippen molar-refractivity contribution in [1.29, 1.82) is 0 Å². The molecule has 34 heavy (non-hydrogen) atoms. The number of rotatable bonds is 4. The molecule has 0 aliphatic carbocycles. The molecule has 8 heteroatoms. The highest BCUT2D eigenvalue weighted by Gasteiger charge is 2.52. The molecule has 3 unspecified atom stereocenters. The predicted molar refractivity (Wildman–Crippen MR) is 129 cm³/mol. The van der Waals surface area contributed by atoms with E-state index in [1.165, 1.54) is 7.11 Å². The van der Waals surface area contributed by atoms with Crippen molar-refractivity contribution in [2.24, 2.45) is 5.92 Å². The van der Waals surface area contributed by atoms with Crippen LogP contribution in [0.2, 0.25) is 0 Å². The van der Waals surface area contributed by atoms with Crippen LogP contribution in [0.1, 0.15) is 29.2 Å². The lowest BCUT2D eigenvalue weighted by molar-refractivity contribution is -0.146. The average molecular weight is 465 g/mol. The molecule has 2 saturated heterocycles. The Morgan fingerprint density at radius 1 is 1.00 bits per heavy atom. The van der Waals surface area contributed by atoms with Crippen LogP contribution in [0.25, 0.3) is 0 Å². The fourth-order valence-electron chi connectivity index (χ4n) is 4.99. The molecular formula is C26H32N4O4. The summed E-state index contributed by atoms with van der Waals surface area (Å²) in [5.74, 6) is -1.20.